The van der Waals surface area contributed by atoms with E-state index in [9.17, 15) is 4.79 Å². The summed E-state index contributed by atoms with van der Waals surface area (Å²) in [7, 11) is 0. The van der Waals surface area contributed by atoms with E-state index in [1.807, 2.05) is 24.3 Å². The molecule has 3 heteroatoms. The SMILES string of the molecule is O=C(O)c1ccc(CSc2cccc3ccccc23)cc1. The Balaban J connectivity index is 1.79. The maximum Gasteiger partial charge on any atom is 0.335 e. The molecule has 104 valence electrons. The zero-order valence-electron chi connectivity index (χ0n) is 11.3. The van der Waals surface area contributed by atoms with Crippen LogP contribution < -0.4 is 0 Å². The molecule has 0 aliphatic carbocycles. The van der Waals surface area contributed by atoms with Crippen molar-refractivity contribution in [2.45, 2.75) is 10.6 Å². The average Bonchev–Trinajstić information content (AvgIpc) is 2.53. The zero-order valence-corrected chi connectivity index (χ0v) is 12.1. The van der Waals surface area contributed by atoms with Gasteiger partial charge in [0.2, 0.25) is 0 Å². The molecule has 0 saturated heterocycles. The fraction of sp³-hybridized carbons (Fsp3) is 0.0556. The molecule has 0 spiro atoms. The topological polar surface area (TPSA) is 37.3 Å². The standard InChI is InChI=1S/C18H14O2S/c19-18(20)15-10-8-13(9-11-15)12-21-17-7-3-5-14-4-1-2-6-16(14)17/h1-11H,12H2,(H,19,20). The van der Waals surface area contributed by atoms with Crippen molar-refractivity contribution < 1.29 is 9.90 Å². The van der Waals surface area contributed by atoms with E-state index in [2.05, 4.69) is 30.3 Å². The van der Waals surface area contributed by atoms with Gasteiger partial charge in [0, 0.05) is 10.6 Å². The lowest BCUT2D eigenvalue weighted by Crippen LogP contribution is -1.95. The number of rotatable bonds is 4. The van der Waals surface area contributed by atoms with Crippen LogP contribution >= 0.6 is 11.8 Å². The Kier molecular flexibility index (Phi) is 3.93. The molecule has 3 aromatic rings. The predicted octanol–water partition coefficient (Wildman–Crippen LogP) is 4.83. The normalized spacial score (nSPS) is 10.7. The molecule has 21 heavy (non-hydrogen) atoms. The van der Waals surface area contributed by atoms with Crippen LogP contribution in [0.25, 0.3) is 10.8 Å². The van der Waals surface area contributed by atoms with E-state index in [0.29, 0.717) is 5.56 Å². The average molecular weight is 294 g/mol. The van der Waals surface area contributed by atoms with Crippen molar-refractivity contribution in [2.75, 3.05) is 0 Å². The third kappa shape index (κ3) is 3.09. The highest BCUT2D eigenvalue weighted by Crippen LogP contribution is 2.30. The number of aromatic carboxylic acids is 1. The highest BCUT2D eigenvalue weighted by atomic mass is 32.2. The van der Waals surface area contributed by atoms with Gasteiger partial charge in [0.25, 0.3) is 0 Å². The van der Waals surface area contributed by atoms with Gasteiger partial charge in [0.15, 0.2) is 0 Å². The lowest BCUT2D eigenvalue weighted by Gasteiger charge is -2.06. The summed E-state index contributed by atoms with van der Waals surface area (Å²) in [6.45, 7) is 0. The number of carboxylic acid groups (broad SMARTS) is 1. The molecule has 0 radical (unpaired) electrons. The lowest BCUT2D eigenvalue weighted by molar-refractivity contribution is 0.0697. The van der Waals surface area contributed by atoms with Crippen molar-refractivity contribution in [3.8, 4) is 0 Å². The first-order valence-electron chi connectivity index (χ1n) is 6.67. The molecule has 2 nitrogen and oxygen atoms in total. The van der Waals surface area contributed by atoms with Gasteiger partial charge in [0.05, 0.1) is 5.56 Å². The van der Waals surface area contributed by atoms with Crippen molar-refractivity contribution in [3.05, 3.63) is 77.9 Å². The first kappa shape index (κ1) is 13.7. The molecular weight excluding hydrogens is 280 g/mol. The molecule has 1 N–H and O–H groups in total. The summed E-state index contributed by atoms with van der Waals surface area (Å²) >= 11 is 1.77. The van der Waals surface area contributed by atoms with Crippen molar-refractivity contribution in [3.63, 3.8) is 0 Å². The minimum Gasteiger partial charge on any atom is -0.478 e. The molecule has 0 unspecified atom stereocenters. The number of benzene rings is 3. The lowest BCUT2D eigenvalue weighted by atomic mass is 10.1. The third-order valence-electron chi connectivity index (χ3n) is 3.34. The summed E-state index contributed by atoms with van der Waals surface area (Å²) in [5.74, 6) is -0.0586. The van der Waals surface area contributed by atoms with Gasteiger partial charge >= 0.3 is 5.97 Å². The van der Waals surface area contributed by atoms with Crippen molar-refractivity contribution in [2.24, 2.45) is 0 Å². The minimum atomic E-state index is -0.886. The highest BCUT2D eigenvalue weighted by Gasteiger charge is 2.04. The van der Waals surface area contributed by atoms with Crippen LogP contribution in [0.1, 0.15) is 15.9 Å². The minimum absolute atomic E-state index is 0.328. The summed E-state index contributed by atoms with van der Waals surface area (Å²) in [4.78, 5) is 12.1. The monoisotopic (exact) mass is 294 g/mol. The maximum atomic E-state index is 10.8. The Morgan fingerprint density at radius 3 is 2.38 bits per heavy atom. The molecule has 0 aliphatic rings. The first-order valence-corrected chi connectivity index (χ1v) is 7.65. The Bertz CT molecular complexity index is 773. The number of carboxylic acids is 1. The summed E-state index contributed by atoms with van der Waals surface area (Å²) in [5.41, 5.74) is 1.45. The third-order valence-corrected chi connectivity index (χ3v) is 4.49. The van der Waals surface area contributed by atoms with Gasteiger partial charge < -0.3 is 5.11 Å². The van der Waals surface area contributed by atoms with Crippen LogP contribution in [0.3, 0.4) is 0 Å². The second-order valence-corrected chi connectivity index (χ2v) is 5.79. The largest absolute Gasteiger partial charge is 0.478 e. The number of thioether (sulfide) groups is 1. The van der Waals surface area contributed by atoms with Gasteiger partial charge in [-0.3, -0.25) is 0 Å². The maximum absolute atomic E-state index is 10.8. The van der Waals surface area contributed by atoms with Gasteiger partial charge in [-0.05, 0) is 34.5 Å². The van der Waals surface area contributed by atoms with Crippen molar-refractivity contribution in [1.82, 2.24) is 0 Å². The van der Waals surface area contributed by atoms with E-state index in [1.54, 1.807) is 23.9 Å². The van der Waals surface area contributed by atoms with Gasteiger partial charge in [-0.1, -0.05) is 48.5 Å². The van der Waals surface area contributed by atoms with E-state index in [1.165, 1.54) is 15.7 Å². The Labute approximate surface area is 127 Å². The first-order chi connectivity index (χ1) is 10.2. The fourth-order valence-corrected chi connectivity index (χ4v) is 3.26. The van der Waals surface area contributed by atoms with Crippen molar-refractivity contribution in [1.29, 1.82) is 0 Å². The van der Waals surface area contributed by atoms with Crippen LogP contribution in [-0.2, 0) is 5.75 Å². The number of fused-ring (bicyclic) bond motifs is 1. The van der Waals surface area contributed by atoms with Crippen LogP contribution in [-0.4, -0.2) is 11.1 Å². The molecule has 0 amide bonds. The van der Waals surface area contributed by atoms with Gasteiger partial charge in [-0.2, -0.15) is 0 Å². The number of carbonyl (C=O) groups is 1. The van der Waals surface area contributed by atoms with Crippen LogP contribution in [0.15, 0.2) is 71.6 Å². The molecule has 0 saturated carbocycles. The second kappa shape index (κ2) is 6.02. The molecule has 3 aromatic carbocycles. The predicted molar refractivity (Wildman–Crippen MR) is 86.9 cm³/mol. The second-order valence-electron chi connectivity index (χ2n) is 4.77. The Morgan fingerprint density at radius 2 is 1.62 bits per heavy atom. The fourth-order valence-electron chi connectivity index (χ4n) is 2.23. The van der Waals surface area contributed by atoms with E-state index in [-0.39, 0.29) is 0 Å². The molecule has 0 aromatic heterocycles. The summed E-state index contributed by atoms with van der Waals surface area (Å²) < 4.78 is 0. The molecule has 0 atom stereocenters. The number of hydrogen-bond donors (Lipinski definition) is 1. The van der Waals surface area contributed by atoms with E-state index < -0.39 is 5.97 Å². The van der Waals surface area contributed by atoms with Crippen molar-refractivity contribution >= 4 is 28.5 Å². The van der Waals surface area contributed by atoms with E-state index in [4.69, 9.17) is 5.11 Å². The quantitative estimate of drug-likeness (QED) is 0.700. The molecule has 0 heterocycles. The van der Waals surface area contributed by atoms with Gasteiger partial charge in [-0.25, -0.2) is 4.79 Å². The summed E-state index contributed by atoms with van der Waals surface area (Å²) in [5, 5.41) is 11.4. The van der Waals surface area contributed by atoms with Crippen LogP contribution in [0, 0.1) is 0 Å². The molecule has 0 bridgehead atoms. The van der Waals surface area contributed by atoms with Crippen LogP contribution in [0.2, 0.25) is 0 Å². The van der Waals surface area contributed by atoms with Crippen LogP contribution in [0.5, 0.6) is 0 Å². The smallest absolute Gasteiger partial charge is 0.335 e. The Hall–Kier alpha value is -2.26. The summed E-state index contributed by atoms with van der Waals surface area (Å²) in [6.07, 6.45) is 0. The van der Waals surface area contributed by atoms with E-state index in [0.717, 1.165) is 11.3 Å². The van der Waals surface area contributed by atoms with E-state index >= 15 is 0 Å². The van der Waals surface area contributed by atoms with Gasteiger partial charge in [-0.15, -0.1) is 11.8 Å². The molecular formula is C18H14O2S. The number of hydrogen-bond acceptors (Lipinski definition) is 2. The highest BCUT2D eigenvalue weighted by molar-refractivity contribution is 7.98. The van der Waals surface area contributed by atoms with Gasteiger partial charge in [0.1, 0.15) is 0 Å². The van der Waals surface area contributed by atoms with Crippen LogP contribution in [0.4, 0.5) is 0 Å². The molecule has 0 aliphatic heterocycles. The summed E-state index contributed by atoms with van der Waals surface area (Å²) in [6, 6.07) is 21.7. The molecule has 0 fully saturated rings. The Morgan fingerprint density at radius 1 is 0.905 bits per heavy atom. The molecule has 3 rings (SSSR count). The zero-order chi connectivity index (χ0) is 14.7.